The number of benzene rings is 1. The van der Waals surface area contributed by atoms with E-state index in [1.165, 1.54) is 0 Å². The Bertz CT molecular complexity index is 489. The summed E-state index contributed by atoms with van der Waals surface area (Å²) in [6.07, 6.45) is 1.10. The fourth-order valence-electron chi connectivity index (χ4n) is 2.74. The Hall–Kier alpha value is -1.75. The number of carbonyl (C=O) groups excluding carboxylic acids is 1. The molecule has 0 aliphatic carbocycles. The molecule has 0 bridgehead atoms. The minimum atomic E-state index is -0.0630. The zero-order chi connectivity index (χ0) is 14.7. The fraction of sp³-hybridized carbons (Fsp3) is 0.533. The number of hydrogen-bond acceptors (Lipinski definition) is 4. The van der Waals surface area contributed by atoms with Crippen LogP contribution in [0.25, 0.3) is 0 Å². The number of amides is 1. The van der Waals surface area contributed by atoms with Gasteiger partial charge < -0.3 is 16.0 Å². The molecule has 1 aliphatic rings. The number of anilines is 2. The van der Waals surface area contributed by atoms with Gasteiger partial charge in [0.15, 0.2) is 0 Å². The van der Waals surface area contributed by atoms with Gasteiger partial charge >= 0.3 is 0 Å². The maximum atomic E-state index is 12.0. The molecule has 1 saturated heterocycles. The molecule has 1 aromatic rings. The van der Waals surface area contributed by atoms with Gasteiger partial charge in [-0.25, -0.2) is 0 Å². The first kappa shape index (κ1) is 14.7. The maximum Gasteiger partial charge on any atom is 0.253 e. The molecule has 1 fully saturated rings. The Kier molecular flexibility index (Phi) is 4.49. The molecule has 3 N–H and O–H groups in total. The van der Waals surface area contributed by atoms with Crippen molar-refractivity contribution in [1.29, 1.82) is 0 Å². The summed E-state index contributed by atoms with van der Waals surface area (Å²) in [7, 11) is 3.81. The summed E-state index contributed by atoms with van der Waals surface area (Å²) >= 11 is 0. The van der Waals surface area contributed by atoms with E-state index in [2.05, 4.69) is 29.1 Å². The third-order valence-electron chi connectivity index (χ3n) is 4.08. The molecule has 5 nitrogen and oxygen atoms in total. The zero-order valence-corrected chi connectivity index (χ0v) is 12.5. The van der Waals surface area contributed by atoms with E-state index in [4.69, 9.17) is 5.73 Å². The lowest BCUT2D eigenvalue weighted by Crippen LogP contribution is -2.51. The van der Waals surface area contributed by atoms with E-state index in [0.717, 1.165) is 31.7 Å². The smallest absolute Gasteiger partial charge is 0.253 e. The van der Waals surface area contributed by atoms with Crippen LogP contribution in [-0.4, -0.2) is 50.6 Å². The van der Waals surface area contributed by atoms with Crippen molar-refractivity contribution in [2.24, 2.45) is 0 Å². The summed E-state index contributed by atoms with van der Waals surface area (Å²) in [5.41, 5.74) is 8.23. The van der Waals surface area contributed by atoms with Gasteiger partial charge in [-0.05, 0) is 31.7 Å². The quantitative estimate of drug-likeness (QED) is 0.813. The molecule has 2 rings (SSSR count). The van der Waals surface area contributed by atoms with Crippen molar-refractivity contribution in [3.8, 4) is 0 Å². The van der Waals surface area contributed by atoms with E-state index in [9.17, 15) is 4.79 Å². The topological polar surface area (TPSA) is 61.6 Å². The van der Waals surface area contributed by atoms with Crippen LogP contribution >= 0.6 is 0 Å². The lowest BCUT2D eigenvalue weighted by Gasteiger charge is -2.41. The summed E-state index contributed by atoms with van der Waals surface area (Å²) in [5.74, 6) is -0.0630. The first-order chi connectivity index (χ1) is 9.56. The van der Waals surface area contributed by atoms with E-state index >= 15 is 0 Å². The molecule has 1 unspecified atom stereocenters. The van der Waals surface area contributed by atoms with Crippen molar-refractivity contribution in [2.75, 3.05) is 44.4 Å². The van der Waals surface area contributed by atoms with Crippen molar-refractivity contribution in [3.63, 3.8) is 0 Å². The zero-order valence-electron chi connectivity index (χ0n) is 12.5. The van der Waals surface area contributed by atoms with Crippen LogP contribution in [0, 0.1) is 0 Å². The number of nitrogens with zero attached hydrogens (tertiary/aromatic N) is 2. The van der Waals surface area contributed by atoms with Gasteiger partial charge in [0.2, 0.25) is 0 Å². The number of nitrogens with two attached hydrogens (primary N) is 1. The Labute approximate surface area is 120 Å². The van der Waals surface area contributed by atoms with Gasteiger partial charge in [-0.1, -0.05) is 6.92 Å². The molecule has 1 heterocycles. The summed E-state index contributed by atoms with van der Waals surface area (Å²) in [6.45, 7) is 5.05. The van der Waals surface area contributed by atoms with E-state index < -0.39 is 0 Å². The minimum Gasteiger partial charge on any atom is -0.399 e. The number of likely N-dealkylation sites (N-methyl/N-ethyl adjacent to an activating group) is 1. The first-order valence-corrected chi connectivity index (χ1v) is 7.13. The molecule has 1 amide bonds. The Morgan fingerprint density at radius 3 is 2.85 bits per heavy atom. The number of piperazine rings is 1. The van der Waals surface area contributed by atoms with Crippen LogP contribution in [0.15, 0.2) is 18.2 Å². The number of carbonyl (C=O) groups is 1. The molecule has 1 aromatic carbocycles. The second-order valence-electron chi connectivity index (χ2n) is 5.34. The lowest BCUT2D eigenvalue weighted by atomic mass is 10.1. The van der Waals surface area contributed by atoms with Gasteiger partial charge in [0.05, 0.1) is 11.3 Å². The standard InChI is InChI=1S/C15H24N4O/c1-4-12-10-19(8-7-18(12)3)14-9-11(16)5-6-13(14)15(20)17-2/h5-6,9,12H,4,7-8,10,16H2,1-3H3,(H,17,20). The molecule has 0 radical (unpaired) electrons. The number of hydrogen-bond donors (Lipinski definition) is 2. The highest BCUT2D eigenvalue weighted by Crippen LogP contribution is 2.26. The van der Waals surface area contributed by atoms with Crippen LogP contribution in [0.4, 0.5) is 11.4 Å². The Balaban J connectivity index is 2.31. The summed E-state index contributed by atoms with van der Waals surface area (Å²) in [4.78, 5) is 16.7. The van der Waals surface area contributed by atoms with Crippen LogP contribution < -0.4 is 16.0 Å². The van der Waals surface area contributed by atoms with Crippen LogP contribution in [0.2, 0.25) is 0 Å². The SMILES string of the molecule is CCC1CN(c2cc(N)ccc2C(=O)NC)CCN1C. The largest absolute Gasteiger partial charge is 0.399 e. The molecule has 5 heteroatoms. The summed E-state index contributed by atoms with van der Waals surface area (Å²) < 4.78 is 0. The Morgan fingerprint density at radius 1 is 1.45 bits per heavy atom. The van der Waals surface area contributed by atoms with Gasteiger partial charge in [-0.3, -0.25) is 9.69 Å². The molecular formula is C15H24N4O. The van der Waals surface area contributed by atoms with E-state index in [0.29, 0.717) is 17.3 Å². The molecule has 1 atom stereocenters. The average Bonchev–Trinajstić information content (AvgIpc) is 2.47. The number of rotatable bonds is 3. The third-order valence-corrected chi connectivity index (χ3v) is 4.08. The van der Waals surface area contributed by atoms with Gasteiger partial charge in [-0.15, -0.1) is 0 Å². The van der Waals surface area contributed by atoms with Crippen molar-refractivity contribution in [2.45, 2.75) is 19.4 Å². The predicted octanol–water partition coefficient (Wildman–Crippen LogP) is 1.16. The van der Waals surface area contributed by atoms with Crippen molar-refractivity contribution < 1.29 is 4.79 Å². The normalized spacial score (nSPS) is 19.9. The van der Waals surface area contributed by atoms with Crippen LogP contribution in [-0.2, 0) is 0 Å². The summed E-state index contributed by atoms with van der Waals surface area (Å²) in [6, 6.07) is 6.01. The minimum absolute atomic E-state index is 0.0630. The molecule has 20 heavy (non-hydrogen) atoms. The second kappa shape index (κ2) is 6.13. The molecule has 0 saturated carbocycles. The number of nitrogens with one attached hydrogen (secondary N) is 1. The molecule has 1 aliphatic heterocycles. The van der Waals surface area contributed by atoms with Gasteiger partial charge in [-0.2, -0.15) is 0 Å². The van der Waals surface area contributed by atoms with Crippen molar-refractivity contribution in [3.05, 3.63) is 23.8 Å². The lowest BCUT2D eigenvalue weighted by molar-refractivity contribution is 0.0963. The third kappa shape index (κ3) is 2.88. The van der Waals surface area contributed by atoms with Crippen LogP contribution in [0.1, 0.15) is 23.7 Å². The average molecular weight is 276 g/mol. The van der Waals surface area contributed by atoms with Crippen molar-refractivity contribution in [1.82, 2.24) is 10.2 Å². The maximum absolute atomic E-state index is 12.0. The molecule has 110 valence electrons. The van der Waals surface area contributed by atoms with E-state index in [1.807, 2.05) is 12.1 Å². The first-order valence-electron chi connectivity index (χ1n) is 7.13. The fourth-order valence-corrected chi connectivity index (χ4v) is 2.74. The number of nitrogen functional groups attached to an aromatic ring is 1. The highest BCUT2D eigenvalue weighted by atomic mass is 16.1. The van der Waals surface area contributed by atoms with E-state index in [-0.39, 0.29) is 5.91 Å². The van der Waals surface area contributed by atoms with Gasteiger partial charge in [0.1, 0.15) is 0 Å². The van der Waals surface area contributed by atoms with E-state index in [1.54, 1.807) is 13.1 Å². The molecule has 0 aromatic heterocycles. The predicted molar refractivity (Wildman–Crippen MR) is 83.2 cm³/mol. The second-order valence-corrected chi connectivity index (χ2v) is 5.34. The Morgan fingerprint density at radius 2 is 2.20 bits per heavy atom. The van der Waals surface area contributed by atoms with Crippen LogP contribution in [0.5, 0.6) is 0 Å². The monoisotopic (exact) mass is 276 g/mol. The van der Waals surface area contributed by atoms with Crippen LogP contribution in [0.3, 0.4) is 0 Å². The highest BCUT2D eigenvalue weighted by molar-refractivity contribution is 6.00. The molecule has 0 spiro atoms. The summed E-state index contributed by atoms with van der Waals surface area (Å²) in [5, 5.41) is 2.70. The van der Waals surface area contributed by atoms with Gasteiger partial charge in [0, 0.05) is 38.4 Å². The molecular weight excluding hydrogens is 252 g/mol. The van der Waals surface area contributed by atoms with Crippen molar-refractivity contribution >= 4 is 17.3 Å². The van der Waals surface area contributed by atoms with Gasteiger partial charge in [0.25, 0.3) is 5.91 Å². The highest BCUT2D eigenvalue weighted by Gasteiger charge is 2.25.